The van der Waals surface area contributed by atoms with Gasteiger partial charge in [-0.25, -0.2) is 9.59 Å². The van der Waals surface area contributed by atoms with Crippen LogP contribution in [0.2, 0.25) is 0 Å². The van der Waals surface area contributed by atoms with Crippen molar-refractivity contribution in [2.75, 3.05) is 13.2 Å². The molecule has 18 heavy (non-hydrogen) atoms. The molecule has 0 aromatic carbocycles. The molecular formula is C12H24N2O4. The first kappa shape index (κ1) is 16.7. The number of ether oxygens (including phenoxy) is 1. The number of carbonyl (C=O) groups excluding carboxylic acids is 1. The molecule has 6 nitrogen and oxygen atoms in total. The summed E-state index contributed by atoms with van der Waals surface area (Å²) in [5, 5.41) is 14.0. The molecule has 2 atom stereocenters. The van der Waals surface area contributed by atoms with E-state index < -0.39 is 18.0 Å². The molecule has 0 radical (unpaired) electrons. The molecule has 0 aliphatic rings. The largest absolute Gasteiger partial charge is 0.480 e. The number of hydrogen-bond acceptors (Lipinski definition) is 3. The smallest absolute Gasteiger partial charge is 0.326 e. The van der Waals surface area contributed by atoms with E-state index in [2.05, 4.69) is 10.6 Å². The maximum atomic E-state index is 11.5. The SMILES string of the molecule is CCC(C)[C@H](NC(=O)NCCOC(C)C)C(=O)O. The highest BCUT2D eigenvalue weighted by molar-refractivity contribution is 5.82. The van der Waals surface area contributed by atoms with Crippen molar-refractivity contribution in [2.24, 2.45) is 5.92 Å². The number of aliphatic carboxylic acids is 1. The third-order valence-corrected chi connectivity index (χ3v) is 2.60. The molecule has 0 aromatic rings. The molecule has 0 spiro atoms. The van der Waals surface area contributed by atoms with Crippen LogP contribution in [0.5, 0.6) is 0 Å². The minimum atomic E-state index is -1.02. The molecule has 0 aromatic heterocycles. The Balaban J connectivity index is 4.00. The van der Waals surface area contributed by atoms with Crippen LogP contribution in [0, 0.1) is 5.92 Å². The van der Waals surface area contributed by atoms with Gasteiger partial charge in [0, 0.05) is 6.54 Å². The third-order valence-electron chi connectivity index (χ3n) is 2.60. The summed E-state index contributed by atoms with van der Waals surface area (Å²) in [6.07, 6.45) is 0.801. The maximum absolute atomic E-state index is 11.5. The molecule has 2 amide bonds. The monoisotopic (exact) mass is 260 g/mol. The summed E-state index contributed by atoms with van der Waals surface area (Å²) in [6, 6.07) is -1.34. The van der Waals surface area contributed by atoms with Crippen molar-refractivity contribution in [3.8, 4) is 0 Å². The predicted molar refractivity (Wildman–Crippen MR) is 68.5 cm³/mol. The minimum absolute atomic E-state index is 0.111. The molecule has 106 valence electrons. The van der Waals surface area contributed by atoms with Gasteiger partial charge < -0.3 is 20.5 Å². The quantitative estimate of drug-likeness (QED) is 0.572. The van der Waals surface area contributed by atoms with Gasteiger partial charge in [-0.15, -0.1) is 0 Å². The van der Waals surface area contributed by atoms with Gasteiger partial charge in [-0.2, -0.15) is 0 Å². The summed E-state index contributed by atoms with van der Waals surface area (Å²) in [7, 11) is 0. The number of carboxylic acids is 1. The second kappa shape index (κ2) is 8.74. The standard InChI is InChI=1S/C12H24N2O4/c1-5-9(4)10(11(15)16)14-12(17)13-6-7-18-8(2)3/h8-10H,5-7H2,1-4H3,(H,15,16)(H2,13,14,17)/t9?,10-/m0/s1. The lowest BCUT2D eigenvalue weighted by molar-refractivity contribution is -0.140. The molecule has 0 heterocycles. The van der Waals surface area contributed by atoms with Crippen LogP contribution in [0.25, 0.3) is 0 Å². The van der Waals surface area contributed by atoms with Crippen molar-refractivity contribution in [1.82, 2.24) is 10.6 Å². The highest BCUT2D eigenvalue weighted by Crippen LogP contribution is 2.07. The summed E-state index contributed by atoms with van der Waals surface area (Å²) >= 11 is 0. The number of carbonyl (C=O) groups is 2. The Hall–Kier alpha value is -1.30. The Morgan fingerprint density at radius 1 is 1.28 bits per heavy atom. The van der Waals surface area contributed by atoms with Gasteiger partial charge in [-0.3, -0.25) is 0 Å². The van der Waals surface area contributed by atoms with E-state index in [0.717, 1.165) is 0 Å². The van der Waals surface area contributed by atoms with Gasteiger partial charge in [0.25, 0.3) is 0 Å². The summed E-state index contributed by atoms with van der Waals surface area (Å²) in [6.45, 7) is 8.26. The van der Waals surface area contributed by atoms with Gasteiger partial charge in [0.1, 0.15) is 6.04 Å². The van der Waals surface area contributed by atoms with E-state index >= 15 is 0 Å². The first-order chi connectivity index (χ1) is 8.38. The summed E-state index contributed by atoms with van der Waals surface area (Å²) in [5.74, 6) is -1.13. The fourth-order valence-electron chi connectivity index (χ4n) is 1.33. The summed E-state index contributed by atoms with van der Waals surface area (Å²) in [5.41, 5.74) is 0. The van der Waals surface area contributed by atoms with E-state index in [0.29, 0.717) is 19.6 Å². The Labute approximate surface area is 108 Å². The summed E-state index contributed by atoms with van der Waals surface area (Å²) < 4.78 is 5.25. The molecule has 0 aliphatic carbocycles. The fourth-order valence-corrected chi connectivity index (χ4v) is 1.33. The van der Waals surface area contributed by atoms with Crippen molar-refractivity contribution >= 4 is 12.0 Å². The molecule has 0 fully saturated rings. The zero-order valence-corrected chi connectivity index (χ0v) is 11.5. The molecule has 0 saturated heterocycles. The molecule has 6 heteroatoms. The van der Waals surface area contributed by atoms with Gasteiger partial charge in [-0.1, -0.05) is 20.3 Å². The van der Waals surface area contributed by atoms with E-state index in [-0.39, 0.29) is 12.0 Å². The normalized spacial score (nSPS) is 14.1. The number of hydrogen-bond donors (Lipinski definition) is 3. The van der Waals surface area contributed by atoms with Crippen LogP contribution in [-0.2, 0) is 9.53 Å². The molecule has 0 aliphatic heterocycles. The topological polar surface area (TPSA) is 87.7 Å². The first-order valence-electron chi connectivity index (χ1n) is 6.27. The second-order valence-electron chi connectivity index (χ2n) is 4.52. The zero-order valence-electron chi connectivity index (χ0n) is 11.5. The molecule has 0 saturated carbocycles. The van der Waals surface area contributed by atoms with Crippen molar-refractivity contribution in [2.45, 2.75) is 46.3 Å². The highest BCUT2D eigenvalue weighted by Gasteiger charge is 2.24. The van der Waals surface area contributed by atoms with E-state index in [1.807, 2.05) is 20.8 Å². The van der Waals surface area contributed by atoms with Crippen molar-refractivity contribution < 1.29 is 19.4 Å². The van der Waals surface area contributed by atoms with Crippen molar-refractivity contribution in [3.05, 3.63) is 0 Å². The van der Waals surface area contributed by atoms with Crippen LogP contribution in [0.4, 0.5) is 4.79 Å². The van der Waals surface area contributed by atoms with E-state index in [4.69, 9.17) is 9.84 Å². The van der Waals surface area contributed by atoms with Crippen LogP contribution in [0.3, 0.4) is 0 Å². The van der Waals surface area contributed by atoms with Crippen LogP contribution in [0.15, 0.2) is 0 Å². The average molecular weight is 260 g/mol. The Bertz CT molecular complexity index is 269. The number of urea groups is 1. The fraction of sp³-hybridized carbons (Fsp3) is 0.833. The van der Waals surface area contributed by atoms with Crippen LogP contribution >= 0.6 is 0 Å². The Kier molecular flexibility index (Phi) is 8.11. The van der Waals surface area contributed by atoms with Crippen molar-refractivity contribution in [1.29, 1.82) is 0 Å². The van der Waals surface area contributed by atoms with Crippen molar-refractivity contribution in [3.63, 3.8) is 0 Å². The minimum Gasteiger partial charge on any atom is -0.480 e. The van der Waals surface area contributed by atoms with E-state index in [9.17, 15) is 9.59 Å². The van der Waals surface area contributed by atoms with Crippen LogP contribution in [0.1, 0.15) is 34.1 Å². The Morgan fingerprint density at radius 2 is 1.89 bits per heavy atom. The number of nitrogens with one attached hydrogen (secondary N) is 2. The average Bonchev–Trinajstić information content (AvgIpc) is 2.30. The molecule has 0 bridgehead atoms. The Morgan fingerprint density at radius 3 is 2.33 bits per heavy atom. The molecule has 1 unspecified atom stereocenters. The number of amides is 2. The third kappa shape index (κ3) is 7.11. The number of rotatable bonds is 8. The maximum Gasteiger partial charge on any atom is 0.326 e. The lowest BCUT2D eigenvalue weighted by Gasteiger charge is -2.20. The molecule has 3 N–H and O–H groups in total. The van der Waals surface area contributed by atoms with Crippen LogP contribution in [-0.4, -0.2) is 42.4 Å². The van der Waals surface area contributed by atoms with Crippen LogP contribution < -0.4 is 10.6 Å². The van der Waals surface area contributed by atoms with Gasteiger partial charge in [0.05, 0.1) is 12.7 Å². The first-order valence-corrected chi connectivity index (χ1v) is 6.27. The lowest BCUT2D eigenvalue weighted by Crippen LogP contribution is -2.49. The number of carboxylic acid groups (broad SMARTS) is 1. The highest BCUT2D eigenvalue weighted by atomic mass is 16.5. The van der Waals surface area contributed by atoms with Gasteiger partial charge in [0.2, 0.25) is 0 Å². The van der Waals surface area contributed by atoms with Gasteiger partial charge >= 0.3 is 12.0 Å². The van der Waals surface area contributed by atoms with Gasteiger partial charge in [-0.05, 0) is 19.8 Å². The van der Waals surface area contributed by atoms with E-state index in [1.54, 1.807) is 6.92 Å². The lowest BCUT2D eigenvalue weighted by atomic mass is 9.99. The molecular weight excluding hydrogens is 236 g/mol. The van der Waals surface area contributed by atoms with E-state index in [1.165, 1.54) is 0 Å². The zero-order chi connectivity index (χ0) is 14.1. The molecule has 0 rings (SSSR count). The second-order valence-corrected chi connectivity index (χ2v) is 4.52. The van der Waals surface area contributed by atoms with Gasteiger partial charge in [0.15, 0.2) is 0 Å². The predicted octanol–water partition coefficient (Wildman–Crippen LogP) is 1.21. The summed E-state index contributed by atoms with van der Waals surface area (Å²) in [4.78, 5) is 22.5.